The first-order chi connectivity index (χ1) is 9.58. The molecule has 0 aliphatic carbocycles. The molecule has 4 nitrogen and oxygen atoms in total. The number of aromatic nitrogens is 1. The summed E-state index contributed by atoms with van der Waals surface area (Å²) < 4.78 is 0. The van der Waals surface area contributed by atoms with Crippen LogP contribution in [-0.2, 0) is 0 Å². The SMILES string of the molecule is CC(Nc1ccc(C(=O)N(C)C)cn1)c1ccccc1. The Bertz CT molecular complexity index is 564. The van der Waals surface area contributed by atoms with Gasteiger partial charge in [-0.3, -0.25) is 4.79 Å². The van der Waals surface area contributed by atoms with Crippen molar-refractivity contribution in [1.29, 1.82) is 0 Å². The van der Waals surface area contributed by atoms with Crippen LogP contribution in [0.3, 0.4) is 0 Å². The molecule has 0 aliphatic rings. The van der Waals surface area contributed by atoms with Crippen molar-refractivity contribution < 1.29 is 4.79 Å². The number of amides is 1. The van der Waals surface area contributed by atoms with Crippen LogP contribution in [0.5, 0.6) is 0 Å². The maximum absolute atomic E-state index is 11.8. The summed E-state index contributed by atoms with van der Waals surface area (Å²) in [4.78, 5) is 17.6. The lowest BCUT2D eigenvalue weighted by atomic mass is 10.1. The molecule has 0 saturated carbocycles. The van der Waals surface area contributed by atoms with E-state index in [0.717, 1.165) is 5.82 Å². The van der Waals surface area contributed by atoms with E-state index in [9.17, 15) is 4.79 Å². The van der Waals surface area contributed by atoms with E-state index < -0.39 is 0 Å². The second kappa shape index (κ2) is 6.19. The van der Waals surface area contributed by atoms with Gasteiger partial charge in [0.25, 0.3) is 5.91 Å². The van der Waals surface area contributed by atoms with E-state index in [1.807, 2.05) is 24.3 Å². The van der Waals surface area contributed by atoms with Crippen molar-refractivity contribution in [3.63, 3.8) is 0 Å². The molecule has 20 heavy (non-hydrogen) atoms. The van der Waals surface area contributed by atoms with Crippen molar-refractivity contribution >= 4 is 11.7 Å². The predicted octanol–water partition coefficient (Wildman–Crippen LogP) is 2.96. The second-order valence-electron chi connectivity index (χ2n) is 4.91. The average Bonchev–Trinajstić information content (AvgIpc) is 2.48. The van der Waals surface area contributed by atoms with Gasteiger partial charge in [0.05, 0.1) is 5.56 Å². The quantitative estimate of drug-likeness (QED) is 0.928. The van der Waals surface area contributed by atoms with Gasteiger partial charge in [0.15, 0.2) is 0 Å². The first-order valence-corrected chi connectivity index (χ1v) is 6.57. The Kier molecular flexibility index (Phi) is 4.35. The summed E-state index contributed by atoms with van der Waals surface area (Å²) >= 11 is 0. The summed E-state index contributed by atoms with van der Waals surface area (Å²) in [5, 5.41) is 3.32. The van der Waals surface area contributed by atoms with E-state index in [4.69, 9.17) is 0 Å². The Morgan fingerprint density at radius 3 is 2.40 bits per heavy atom. The molecule has 1 N–H and O–H groups in total. The van der Waals surface area contributed by atoms with Crippen LogP contribution in [0, 0.1) is 0 Å². The van der Waals surface area contributed by atoms with E-state index >= 15 is 0 Å². The molecule has 0 spiro atoms. The highest BCUT2D eigenvalue weighted by Crippen LogP contribution is 2.17. The fourth-order valence-electron chi connectivity index (χ4n) is 1.91. The topological polar surface area (TPSA) is 45.2 Å². The molecule has 1 aromatic carbocycles. The number of nitrogens with zero attached hydrogens (tertiary/aromatic N) is 2. The van der Waals surface area contributed by atoms with Gasteiger partial charge >= 0.3 is 0 Å². The van der Waals surface area contributed by atoms with Gasteiger partial charge in [0.1, 0.15) is 5.82 Å². The van der Waals surface area contributed by atoms with Gasteiger partial charge in [-0.25, -0.2) is 4.98 Å². The van der Waals surface area contributed by atoms with Crippen LogP contribution >= 0.6 is 0 Å². The van der Waals surface area contributed by atoms with Crippen molar-refractivity contribution in [2.45, 2.75) is 13.0 Å². The monoisotopic (exact) mass is 269 g/mol. The first kappa shape index (κ1) is 14.1. The molecule has 1 amide bonds. The number of carbonyl (C=O) groups is 1. The molecule has 0 saturated heterocycles. The molecular formula is C16H19N3O. The standard InChI is InChI=1S/C16H19N3O/c1-12(13-7-5-4-6-8-13)18-15-10-9-14(11-17-15)16(20)19(2)3/h4-12H,1-3H3,(H,17,18). The Balaban J connectivity index is 2.06. The van der Waals surface area contributed by atoms with Crippen LogP contribution in [-0.4, -0.2) is 29.9 Å². The highest BCUT2D eigenvalue weighted by molar-refractivity contribution is 5.93. The second-order valence-corrected chi connectivity index (χ2v) is 4.91. The minimum absolute atomic E-state index is 0.0415. The Labute approximate surface area is 119 Å². The molecule has 1 aromatic heterocycles. The number of pyridine rings is 1. The summed E-state index contributed by atoms with van der Waals surface area (Å²) in [6.45, 7) is 2.08. The van der Waals surface area contributed by atoms with Gasteiger partial charge in [-0.2, -0.15) is 0 Å². The van der Waals surface area contributed by atoms with Crippen molar-refractivity contribution in [3.05, 3.63) is 59.8 Å². The Morgan fingerprint density at radius 1 is 1.15 bits per heavy atom. The van der Waals surface area contributed by atoms with Crippen LogP contribution in [0.4, 0.5) is 5.82 Å². The fourth-order valence-corrected chi connectivity index (χ4v) is 1.91. The van der Waals surface area contributed by atoms with Gasteiger partial charge < -0.3 is 10.2 Å². The largest absolute Gasteiger partial charge is 0.364 e. The van der Waals surface area contributed by atoms with Crippen molar-refractivity contribution in [2.75, 3.05) is 19.4 Å². The molecular weight excluding hydrogens is 250 g/mol. The average molecular weight is 269 g/mol. The molecule has 104 valence electrons. The van der Waals surface area contributed by atoms with E-state index in [1.165, 1.54) is 10.5 Å². The number of anilines is 1. The molecule has 1 unspecified atom stereocenters. The lowest BCUT2D eigenvalue weighted by Gasteiger charge is -2.15. The van der Waals surface area contributed by atoms with Gasteiger partial charge in [0, 0.05) is 26.3 Å². The molecule has 4 heteroatoms. The summed E-state index contributed by atoms with van der Waals surface area (Å²) in [6, 6.07) is 13.9. The van der Waals surface area contributed by atoms with E-state index in [0.29, 0.717) is 5.56 Å². The maximum atomic E-state index is 11.8. The minimum atomic E-state index is -0.0415. The third-order valence-corrected chi connectivity index (χ3v) is 3.08. The molecule has 0 radical (unpaired) electrons. The van der Waals surface area contributed by atoms with Crippen LogP contribution in [0.15, 0.2) is 48.7 Å². The third kappa shape index (κ3) is 3.35. The Hall–Kier alpha value is -2.36. The zero-order chi connectivity index (χ0) is 14.5. The normalized spacial score (nSPS) is 11.8. The van der Waals surface area contributed by atoms with E-state index in [-0.39, 0.29) is 11.9 Å². The van der Waals surface area contributed by atoms with Gasteiger partial charge in [-0.1, -0.05) is 30.3 Å². The molecule has 1 heterocycles. The van der Waals surface area contributed by atoms with E-state index in [1.54, 1.807) is 26.4 Å². The fraction of sp³-hybridized carbons (Fsp3) is 0.250. The summed E-state index contributed by atoms with van der Waals surface area (Å²) in [6.07, 6.45) is 1.60. The zero-order valence-electron chi connectivity index (χ0n) is 12.0. The number of hydrogen-bond donors (Lipinski definition) is 1. The number of rotatable bonds is 4. The number of nitrogens with one attached hydrogen (secondary N) is 1. The van der Waals surface area contributed by atoms with Gasteiger partial charge in [0.2, 0.25) is 0 Å². The first-order valence-electron chi connectivity index (χ1n) is 6.57. The lowest BCUT2D eigenvalue weighted by molar-refractivity contribution is 0.0827. The molecule has 0 bridgehead atoms. The third-order valence-electron chi connectivity index (χ3n) is 3.08. The zero-order valence-corrected chi connectivity index (χ0v) is 12.0. The summed E-state index contributed by atoms with van der Waals surface area (Å²) in [5.74, 6) is 0.719. The molecule has 2 aromatic rings. The highest BCUT2D eigenvalue weighted by Gasteiger charge is 2.09. The summed E-state index contributed by atoms with van der Waals surface area (Å²) in [7, 11) is 3.46. The van der Waals surface area contributed by atoms with Crippen LogP contribution in [0.25, 0.3) is 0 Å². The predicted molar refractivity (Wildman–Crippen MR) is 80.7 cm³/mol. The minimum Gasteiger partial charge on any atom is -0.364 e. The van der Waals surface area contributed by atoms with Crippen molar-refractivity contribution in [1.82, 2.24) is 9.88 Å². The van der Waals surface area contributed by atoms with Gasteiger partial charge in [-0.05, 0) is 24.6 Å². The van der Waals surface area contributed by atoms with Gasteiger partial charge in [-0.15, -0.1) is 0 Å². The molecule has 0 fully saturated rings. The molecule has 1 atom stereocenters. The van der Waals surface area contributed by atoms with E-state index in [2.05, 4.69) is 29.4 Å². The molecule has 2 rings (SSSR count). The smallest absolute Gasteiger partial charge is 0.254 e. The number of hydrogen-bond acceptors (Lipinski definition) is 3. The summed E-state index contributed by atoms with van der Waals surface area (Å²) in [5.41, 5.74) is 1.79. The number of carbonyl (C=O) groups excluding carboxylic acids is 1. The van der Waals surface area contributed by atoms with Crippen LogP contribution in [0.1, 0.15) is 28.9 Å². The maximum Gasteiger partial charge on any atom is 0.254 e. The Morgan fingerprint density at radius 2 is 1.85 bits per heavy atom. The number of benzene rings is 1. The highest BCUT2D eigenvalue weighted by atomic mass is 16.2. The van der Waals surface area contributed by atoms with Crippen LogP contribution in [0.2, 0.25) is 0 Å². The van der Waals surface area contributed by atoms with Crippen molar-refractivity contribution in [2.24, 2.45) is 0 Å². The van der Waals surface area contributed by atoms with Crippen molar-refractivity contribution in [3.8, 4) is 0 Å². The van der Waals surface area contributed by atoms with Crippen LogP contribution < -0.4 is 5.32 Å². The molecule has 0 aliphatic heterocycles. The lowest BCUT2D eigenvalue weighted by Crippen LogP contribution is -2.21.